The predicted molar refractivity (Wildman–Crippen MR) is 61.8 cm³/mol. The third-order valence-electron chi connectivity index (χ3n) is 2.08. The van der Waals surface area contributed by atoms with Crippen molar-refractivity contribution in [3.63, 3.8) is 0 Å². The summed E-state index contributed by atoms with van der Waals surface area (Å²) < 4.78 is 4.56. The molecule has 0 aromatic carbocycles. The Bertz CT molecular complexity index is 191. The van der Waals surface area contributed by atoms with Gasteiger partial charge in [0.1, 0.15) is 0 Å². The monoisotopic (exact) mass is 216 g/mol. The second-order valence-electron chi connectivity index (χ2n) is 4.90. The molecule has 0 atom stereocenters. The van der Waals surface area contributed by atoms with Crippen LogP contribution in [-0.2, 0) is 9.53 Å². The van der Waals surface area contributed by atoms with Gasteiger partial charge in [-0.2, -0.15) is 0 Å². The minimum atomic E-state index is -0.159. The summed E-state index contributed by atoms with van der Waals surface area (Å²) in [6.45, 7) is 7.03. The number of esters is 1. The smallest absolute Gasteiger partial charge is 0.306 e. The van der Waals surface area contributed by atoms with Crippen molar-refractivity contribution in [1.29, 1.82) is 0 Å². The van der Waals surface area contributed by atoms with Crippen molar-refractivity contribution in [2.24, 2.45) is 5.41 Å². The predicted octanol–water partition coefficient (Wildman–Crippen LogP) is 0.727. The summed E-state index contributed by atoms with van der Waals surface area (Å²) in [4.78, 5) is 13.0. The highest BCUT2D eigenvalue weighted by Gasteiger charge is 2.18. The molecule has 90 valence electrons. The molecule has 0 aliphatic rings. The van der Waals surface area contributed by atoms with E-state index >= 15 is 0 Å². The number of methoxy groups -OCH3 is 1. The molecule has 1 N–H and O–H groups in total. The lowest BCUT2D eigenvalue weighted by molar-refractivity contribution is -0.140. The summed E-state index contributed by atoms with van der Waals surface area (Å²) >= 11 is 0. The molecule has 0 unspecified atom stereocenters. The van der Waals surface area contributed by atoms with Crippen LogP contribution in [0.2, 0.25) is 0 Å². The van der Waals surface area contributed by atoms with Gasteiger partial charge in [-0.05, 0) is 19.5 Å². The Morgan fingerprint density at radius 1 is 1.40 bits per heavy atom. The van der Waals surface area contributed by atoms with Crippen molar-refractivity contribution >= 4 is 5.97 Å². The summed E-state index contributed by atoms with van der Waals surface area (Å²) in [6.07, 6.45) is 0.439. The minimum Gasteiger partial charge on any atom is -0.469 e. The van der Waals surface area contributed by atoms with Crippen molar-refractivity contribution in [3.05, 3.63) is 0 Å². The van der Waals surface area contributed by atoms with Crippen molar-refractivity contribution < 1.29 is 9.53 Å². The van der Waals surface area contributed by atoms with Gasteiger partial charge in [0.25, 0.3) is 0 Å². The zero-order chi connectivity index (χ0) is 11.9. The van der Waals surface area contributed by atoms with Crippen LogP contribution in [0.5, 0.6) is 0 Å². The van der Waals surface area contributed by atoms with Crippen molar-refractivity contribution in [2.75, 3.05) is 40.8 Å². The molecule has 4 nitrogen and oxygen atoms in total. The highest BCUT2D eigenvalue weighted by atomic mass is 16.5. The van der Waals surface area contributed by atoms with Crippen molar-refractivity contribution in [2.45, 2.75) is 20.3 Å². The number of nitrogens with one attached hydrogen (secondary N) is 1. The first-order chi connectivity index (χ1) is 6.87. The zero-order valence-corrected chi connectivity index (χ0v) is 10.6. The third kappa shape index (κ3) is 8.39. The fourth-order valence-electron chi connectivity index (χ4n) is 1.63. The Morgan fingerprint density at radius 2 is 2.00 bits per heavy atom. The van der Waals surface area contributed by atoms with Gasteiger partial charge in [-0.25, -0.2) is 0 Å². The molecule has 0 aliphatic heterocycles. The molecule has 0 heterocycles. The molecule has 0 saturated heterocycles. The van der Waals surface area contributed by atoms with E-state index in [2.05, 4.69) is 42.9 Å². The quantitative estimate of drug-likeness (QED) is 0.503. The van der Waals surface area contributed by atoms with E-state index in [0.29, 0.717) is 13.0 Å². The first-order valence-corrected chi connectivity index (χ1v) is 5.29. The molecule has 0 amide bonds. The average molecular weight is 216 g/mol. The highest BCUT2D eigenvalue weighted by Crippen LogP contribution is 2.13. The van der Waals surface area contributed by atoms with E-state index in [-0.39, 0.29) is 11.4 Å². The van der Waals surface area contributed by atoms with Crippen molar-refractivity contribution in [3.8, 4) is 0 Å². The normalized spacial score (nSPS) is 11.9. The van der Waals surface area contributed by atoms with E-state index in [1.54, 1.807) is 0 Å². The number of carbonyl (C=O) groups is 1. The molecular weight excluding hydrogens is 192 g/mol. The fourth-order valence-corrected chi connectivity index (χ4v) is 1.63. The number of nitrogens with zero attached hydrogens (tertiary/aromatic N) is 1. The second-order valence-corrected chi connectivity index (χ2v) is 4.90. The van der Waals surface area contributed by atoms with E-state index < -0.39 is 0 Å². The molecule has 0 fully saturated rings. The van der Waals surface area contributed by atoms with E-state index in [1.165, 1.54) is 7.11 Å². The van der Waals surface area contributed by atoms with Crippen LogP contribution in [0.1, 0.15) is 20.3 Å². The summed E-state index contributed by atoms with van der Waals surface area (Å²) in [5, 5.41) is 3.27. The number of carbonyl (C=O) groups excluding carboxylic acids is 1. The van der Waals surface area contributed by atoms with Gasteiger partial charge in [0, 0.05) is 19.6 Å². The average Bonchev–Trinajstić information content (AvgIpc) is 2.10. The van der Waals surface area contributed by atoms with Gasteiger partial charge >= 0.3 is 5.97 Å². The first kappa shape index (κ1) is 14.4. The molecule has 0 aromatic rings. The molecule has 4 heteroatoms. The van der Waals surface area contributed by atoms with Gasteiger partial charge < -0.3 is 15.0 Å². The van der Waals surface area contributed by atoms with Crippen LogP contribution in [0.15, 0.2) is 0 Å². The largest absolute Gasteiger partial charge is 0.469 e. The maximum Gasteiger partial charge on any atom is 0.306 e. The van der Waals surface area contributed by atoms with Crippen LogP contribution < -0.4 is 5.32 Å². The topological polar surface area (TPSA) is 41.6 Å². The van der Waals surface area contributed by atoms with Gasteiger partial charge in [-0.3, -0.25) is 4.79 Å². The lowest BCUT2D eigenvalue weighted by Gasteiger charge is -2.28. The SMILES string of the molecule is COC(=O)CCNCC(C)(C)CN(C)C. The molecule has 0 saturated carbocycles. The van der Waals surface area contributed by atoms with Gasteiger partial charge in [-0.15, -0.1) is 0 Å². The molecule has 0 aliphatic carbocycles. The Balaban J connectivity index is 3.61. The summed E-state index contributed by atoms with van der Waals surface area (Å²) in [5.41, 5.74) is 0.222. The van der Waals surface area contributed by atoms with Gasteiger partial charge in [0.05, 0.1) is 13.5 Å². The zero-order valence-electron chi connectivity index (χ0n) is 10.6. The van der Waals surface area contributed by atoms with Gasteiger partial charge in [-0.1, -0.05) is 13.8 Å². The molecular formula is C11H24N2O2. The summed E-state index contributed by atoms with van der Waals surface area (Å²) in [6, 6.07) is 0. The Kier molecular flexibility index (Phi) is 6.52. The first-order valence-electron chi connectivity index (χ1n) is 5.29. The van der Waals surface area contributed by atoms with E-state index in [4.69, 9.17) is 0 Å². The molecule has 0 bridgehead atoms. The van der Waals surface area contributed by atoms with Gasteiger partial charge in [0.2, 0.25) is 0 Å². The number of hydrogen-bond donors (Lipinski definition) is 1. The van der Waals surface area contributed by atoms with Crippen LogP contribution in [0.25, 0.3) is 0 Å². The minimum absolute atomic E-state index is 0.159. The Morgan fingerprint density at radius 3 is 2.47 bits per heavy atom. The van der Waals surface area contributed by atoms with E-state index in [9.17, 15) is 4.79 Å². The summed E-state index contributed by atoms with van der Waals surface area (Å²) in [7, 11) is 5.55. The second kappa shape index (κ2) is 6.80. The van der Waals surface area contributed by atoms with Crippen LogP contribution >= 0.6 is 0 Å². The van der Waals surface area contributed by atoms with Crippen LogP contribution in [0.3, 0.4) is 0 Å². The third-order valence-corrected chi connectivity index (χ3v) is 2.08. The molecule has 15 heavy (non-hydrogen) atoms. The van der Waals surface area contributed by atoms with Crippen LogP contribution in [-0.4, -0.2) is 51.7 Å². The lowest BCUT2D eigenvalue weighted by atomic mass is 9.93. The lowest BCUT2D eigenvalue weighted by Crippen LogP contribution is -2.38. The van der Waals surface area contributed by atoms with Crippen molar-refractivity contribution in [1.82, 2.24) is 10.2 Å². The Hall–Kier alpha value is -0.610. The fraction of sp³-hybridized carbons (Fsp3) is 0.909. The van der Waals surface area contributed by atoms with E-state index in [0.717, 1.165) is 13.1 Å². The summed E-state index contributed by atoms with van der Waals surface area (Å²) in [5.74, 6) is -0.159. The molecule has 0 radical (unpaired) electrons. The Labute approximate surface area is 93.0 Å². The maximum atomic E-state index is 10.8. The van der Waals surface area contributed by atoms with Gasteiger partial charge in [0.15, 0.2) is 0 Å². The number of ether oxygens (including phenoxy) is 1. The standard InChI is InChI=1S/C11H24N2O2/c1-11(2,9-13(3)4)8-12-7-6-10(14)15-5/h12H,6-9H2,1-5H3. The maximum absolute atomic E-state index is 10.8. The molecule has 0 rings (SSSR count). The highest BCUT2D eigenvalue weighted by molar-refractivity contribution is 5.69. The molecule has 0 spiro atoms. The van der Waals surface area contributed by atoms with E-state index in [1.807, 2.05) is 0 Å². The molecule has 0 aromatic heterocycles. The number of rotatable bonds is 7. The van der Waals surface area contributed by atoms with Crippen LogP contribution in [0.4, 0.5) is 0 Å². The van der Waals surface area contributed by atoms with Crippen LogP contribution in [0, 0.1) is 5.41 Å². The number of hydrogen-bond acceptors (Lipinski definition) is 4.